The molecule has 1 aliphatic rings. The number of amidine groups is 1. The van der Waals surface area contributed by atoms with Crippen molar-refractivity contribution >= 4 is 5.84 Å². The van der Waals surface area contributed by atoms with Crippen LogP contribution >= 0.6 is 0 Å². The molecule has 2 rings (SSSR count). The summed E-state index contributed by atoms with van der Waals surface area (Å²) in [5.74, 6) is 0.330. The summed E-state index contributed by atoms with van der Waals surface area (Å²) in [6, 6.07) is 0. The maximum Gasteiger partial charge on any atom is 0.245 e. The van der Waals surface area contributed by atoms with Crippen molar-refractivity contribution in [3.05, 3.63) is 16.8 Å². The van der Waals surface area contributed by atoms with Gasteiger partial charge < -0.3 is 15.2 Å². The van der Waals surface area contributed by atoms with E-state index in [2.05, 4.69) is 10.2 Å². The van der Waals surface area contributed by atoms with Crippen molar-refractivity contribution in [3.8, 4) is 5.88 Å². The number of nitrogens with zero attached hydrogens (tertiary/aromatic N) is 2. The molecule has 1 aromatic heterocycles. The molecule has 6 nitrogen and oxygen atoms in total. The van der Waals surface area contributed by atoms with Gasteiger partial charge in [0, 0.05) is 0 Å². The second-order valence-corrected chi connectivity index (χ2v) is 4.20. The summed E-state index contributed by atoms with van der Waals surface area (Å²) in [4.78, 5) is 0. The van der Waals surface area contributed by atoms with Crippen molar-refractivity contribution < 1.29 is 9.47 Å². The number of nitrogens with one attached hydrogen (secondary N) is 1. The quantitative estimate of drug-likeness (QED) is 0.591. The largest absolute Gasteiger partial charge is 0.468 e. The fourth-order valence-corrected chi connectivity index (χ4v) is 1.95. The molecule has 1 aromatic rings. The van der Waals surface area contributed by atoms with E-state index in [1.165, 1.54) is 0 Å². The highest BCUT2D eigenvalue weighted by Crippen LogP contribution is 2.24. The summed E-state index contributed by atoms with van der Waals surface area (Å²) in [5.41, 5.74) is 8.06. The topological polar surface area (TPSA) is 94.1 Å². The highest BCUT2D eigenvalue weighted by atomic mass is 16.6. The molecule has 1 aliphatic heterocycles. The molecule has 0 radical (unpaired) electrons. The molecule has 0 atom stereocenters. The minimum Gasteiger partial charge on any atom is -0.468 e. The Hall–Kier alpha value is -1.69. The Morgan fingerprint density at radius 2 is 2.11 bits per heavy atom. The van der Waals surface area contributed by atoms with Gasteiger partial charge in [0.2, 0.25) is 5.88 Å². The Bertz CT molecular complexity index is 458. The van der Waals surface area contributed by atoms with Gasteiger partial charge in [0.25, 0.3) is 0 Å². The molecule has 3 N–H and O–H groups in total. The zero-order valence-electron chi connectivity index (χ0n) is 10.7. The van der Waals surface area contributed by atoms with Crippen LogP contribution in [0, 0.1) is 5.41 Å². The van der Waals surface area contributed by atoms with Gasteiger partial charge in [0.05, 0.1) is 24.5 Å². The van der Waals surface area contributed by atoms with E-state index in [0.29, 0.717) is 24.7 Å². The molecule has 0 bridgehead atoms. The van der Waals surface area contributed by atoms with Gasteiger partial charge in [0.1, 0.15) is 11.9 Å². The molecule has 0 aliphatic carbocycles. The van der Waals surface area contributed by atoms with Crippen LogP contribution in [0.15, 0.2) is 0 Å². The van der Waals surface area contributed by atoms with Crippen LogP contribution in [0.1, 0.15) is 30.7 Å². The number of rotatable bonds is 5. The van der Waals surface area contributed by atoms with E-state index in [9.17, 15) is 0 Å². The summed E-state index contributed by atoms with van der Waals surface area (Å²) in [7, 11) is 0. The molecular weight excluding hydrogens is 232 g/mol. The third-order valence-electron chi connectivity index (χ3n) is 2.97. The Morgan fingerprint density at radius 3 is 2.56 bits per heavy atom. The second kappa shape index (κ2) is 5.30. The highest BCUT2D eigenvalue weighted by Gasteiger charge is 2.25. The maximum atomic E-state index is 7.71. The van der Waals surface area contributed by atoms with Crippen molar-refractivity contribution in [3.63, 3.8) is 0 Å². The molecule has 0 unspecified atom stereocenters. The van der Waals surface area contributed by atoms with E-state index in [1.54, 1.807) is 0 Å². The minimum atomic E-state index is -0.0216. The first-order chi connectivity index (χ1) is 8.67. The normalized spacial score (nSPS) is 15.2. The van der Waals surface area contributed by atoms with Crippen LogP contribution in [-0.4, -0.2) is 35.4 Å². The van der Waals surface area contributed by atoms with Crippen LogP contribution in [0.5, 0.6) is 5.88 Å². The number of nitrogen functional groups attached to an aromatic ring is 1. The molecule has 18 heavy (non-hydrogen) atoms. The number of aryl methyl sites for hydroxylation is 1. The second-order valence-electron chi connectivity index (χ2n) is 4.20. The Morgan fingerprint density at radius 1 is 1.39 bits per heavy atom. The summed E-state index contributed by atoms with van der Waals surface area (Å²) in [6.45, 7) is 5.12. The number of hydrogen-bond donors (Lipinski definition) is 2. The van der Waals surface area contributed by atoms with E-state index in [4.69, 9.17) is 20.6 Å². The third-order valence-corrected chi connectivity index (χ3v) is 2.97. The maximum absolute atomic E-state index is 7.71. The predicted molar refractivity (Wildman–Crippen MR) is 67.0 cm³/mol. The van der Waals surface area contributed by atoms with E-state index in [1.807, 2.05) is 13.8 Å². The van der Waals surface area contributed by atoms with Crippen molar-refractivity contribution in [1.82, 2.24) is 10.2 Å². The Balaban J connectivity index is 2.41. The van der Waals surface area contributed by atoms with Gasteiger partial charge in [-0.15, -0.1) is 5.10 Å². The van der Waals surface area contributed by atoms with Crippen molar-refractivity contribution in [2.75, 3.05) is 13.2 Å². The average molecular weight is 250 g/mol. The first-order valence-corrected chi connectivity index (χ1v) is 6.14. The molecule has 2 heterocycles. The lowest BCUT2D eigenvalue weighted by atomic mass is 10.0. The van der Waals surface area contributed by atoms with Gasteiger partial charge in [-0.3, -0.25) is 5.41 Å². The van der Waals surface area contributed by atoms with Crippen LogP contribution < -0.4 is 10.5 Å². The molecule has 6 heteroatoms. The number of hydrogen-bond acceptors (Lipinski definition) is 5. The summed E-state index contributed by atoms with van der Waals surface area (Å²) >= 11 is 0. The van der Waals surface area contributed by atoms with Crippen molar-refractivity contribution in [2.45, 2.75) is 32.8 Å². The summed E-state index contributed by atoms with van der Waals surface area (Å²) < 4.78 is 10.7. The van der Waals surface area contributed by atoms with Crippen LogP contribution in [0.4, 0.5) is 0 Å². The van der Waals surface area contributed by atoms with E-state index >= 15 is 0 Å². The Kier molecular flexibility index (Phi) is 3.76. The van der Waals surface area contributed by atoms with Gasteiger partial charge in [-0.1, -0.05) is 13.8 Å². The molecule has 0 spiro atoms. The van der Waals surface area contributed by atoms with Gasteiger partial charge in [-0.05, 0) is 18.4 Å². The zero-order chi connectivity index (χ0) is 13.1. The monoisotopic (exact) mass is 250 g/mol. The molecular formula is C12H18N4O2. The Labute approximate surface area is 106 Å². The van der Waals surface area contributed by atoms with Crippen molar-refractivity contribution in [1.29, 1.82) is 5.41 Å². The standard InChI is InChI=1S/C12H18N4O2/c1-3-8-9(4-2)15-16-12(10(8)11(13)14)18-7-5-17-6-7/h7H,3-6H2,1-2H3,(H3,13,14). The summed E-state index contributed by atoms with van der Waals surface area (Å²) in [5, 5.41) is 15.9. The predicted octanol–water partition coefficient (Wildman–Crippen LogP) is 0.663. The lowest BCUT2D eigenvalue weighted by molar-refractivity contribution is -0.0817. The number of aromatic nitrogens is 2. The van der Waals surface area contributed by atoms with E-state index < -0.39 is 0 Å². The number of nitrogens with two attached hydrogens (primary N) is 1. The van der Waals surface area contributed by atoms with E-state index in [0.717, 1.165) is 24.1 Å². The van der Waals surface area contributed by atoms with Crippen LogP contribution in [0.25, 0.3) is 0 Å². The van der Waals surface area contributed by atoms with Crippen LogP contribution in [-0.2, 0) is 17.6 Å². The minimum absolute atomic E-state index is 0.00502. The van der Waals surface area contributed by atoms with Gasteiger partial charge in [-0.25, -0.2) is 0 Å². The highest BCUT2D eigenvalue weighted by molar-refractivity contribution is 5.98. The molecule has 0 aromatic carbocycles. The molecule has 1 saturated heterocycles. The lowest BCUT2D eigenvalue weighted by Gasteiger charge is -2.27. The number of ether oxygens (including phenoxy) is 2. The fraction of sp³-hybridized carbons (Fsp3) is 0.583. The van der Waals surface area contributed by atoms with Crippen LogP contribution in [0.3, 0.4) is 0 Å². The van der Waals surface area contributed by atoms with Crippen molar-refractivity contribution in [2.24, 2.45) is 5.73 Å². The molecule has 98 valence electrons. The lowest BCUT2D eigenvalue weighted by Crippen LogP contribution is -2.39. The molecule has 0 saturated carbocycles. The zero-order valence-corrected chi connectivity index (χ0v) is 10.7. The first kappa shape index (κ1) is 12.8. The van der Waals surface area contributed by atoms with E-state index in [-0.39, 0.29) is 11.9 Å². The smallest absolute Gasteiger partial charge is 0.245 e. The fourth-order valence-electron chi connectivity index (χ4n) is 1.95. The summed E-state index contributed by atoms with van der Waals surface area (Å²) in [6.07, 6.45) is 1.52. The van der Waals surface area contributed by atoms with Gasteiger partial charge in [-0.2, -0.15) is 5.10 Å². The molecule has 1 fully saturated rings. The first-order valence-electron chi connectivity index (χ1n) is 6.14. The average Bonchev–Trinajstić information content (AvgIpc) is 2.32. The third kappa shape index (κ3) is 2.28. The van der Waals surface area contributed by atoms with Gasteiger partial charge >= 0.3 is 0 Å². The SMILES string of the molecule is CCc1nnc(OC2COC2)c(C(=N)N)c1CC. The van der Waals surface area contributed by atoms with Gasteiger partial charge in [0.15, 0.2) is 0 Å². The molecule has 0 amide bonds. The van der Waals surface area contributed by atoms with Crippen LogP contribution in [0.2, 0.25) is 0 Å².